The van der Waals surface area contributed by atoms with Gasteiger partial charge in [0.25, 0.3) is 0 Å². The highest BCUT2D eigenvalue weighted by Gasteiger charge is 2.13. The molecule has 2 aromatic rings. The van der Waals surface area contributed by atoms with Gasteiger partial charge in [0.2, 0.25) is 0 Å². The molecule has 0 saturated carbocycles. The van der Waals surface area contributed by atoms with E-state index in [2.05, 4.69) is 0 Å². The van der Waals surface area contributed by atoms with Crippen molar-refractivity contribution in [3.05, 3.63) is 24.3 Å². The Labute approximate surface area is 116 Å². The second-order valence-corrected chi connectivity index (χ2v) is 4.22. The van der Waals surface area contributed by atoms with Crippen LogP contribution in [0.3, 0.4) is 0 Å². The third-order valence-corrected chi connectivity index (χ3v) is 3.01. The van der Waals surface area contributed by atoms with Crippen molar-refractivity contribution in [2.45, 2.75) is 0 Å². The van der Waals surface area contributed by atoms with Gasteiger partial charge >= 0.3 is 0 Å². The second-order valence-electron chi connectivity index (χ2n) is 4.22. The van der Waals surface area contributed by atoms with Crippen LogP contribution in [0, 0.1) is 0 Å². The minimum absolute atomic E-state index is 0.102. The molecule has 106 valence electrons. The zero-order valence-corrected chi connectivity index (χ0v) is 11.2. The molecule has 0 aliphatic rings. The van der Waals surface area contributed by atoms with Crippen LogP contribution in [0.15, 0.2) is 24.3 Å². The molecule has 0 fully saturated rings. The summed E-state index contributed by atoms with van der Waals surface area (Å²) in [6.07, 6.45) is 0. The molecule has 0 bridgehead atoms. The molecule has 2 rings (SSSR count). The first-order chi connectivity index (χ1) is 9.47. The first-order valence-corrected chi connectivity index (χ1v) is 5.81. The Morgan fingerprint density at radius 2 is 1.10 bits per heavy atom. The van der Waals surface area contributed by atoms with E-state index in [-0.39, 0.29) is 22.9 Å². The zero-order valence-electron chi connectivity index (χ0n) is 11.2. The number of phenolic OH excluding ortho intramolecular Hbond substituents is 2. The van der Waals surface area contributed by atoms with Gasteiger partial charge in [-0.15, -0.1) is 0 Å². The Morgan fingerprint density at radius 1 is 0.750 bits per heavy atom. The van der Waals surface area contributed by atoms with Crippen molar-refractivity contribution in [3.63, 3.8) is 0 Å². The molecule has 6 nitrogen and oxygen atoms in total. The molecule has 0 spiro atoms. The van der Waals surface area contributed by atoms with Gasteiger partial charge < -0.3 is 31.2 Å². The molecule has 0 amide bonds. The van der Waals surface area contributed by atoms with E-state index in [4.69, 9.17) is 20.9 Å². The molecule has 6 N–H and O–H groups in total. The van der Waals surface area contributed by atoms with Crippen LogP contribution in [-0.4, -0.2) is 24.4 Å². The molecule has 0 atom stereocenters. The summed E-state index contributed by atoms with van der Waals surface area (Å²) in [5.41, 5.74) is 12.9. The number of hydrogen-bond acceptors (Lipinski definition) is 6. The van der Waals surface area contributed by atoms with E-state index in [0.29, 0.717) is 22.6 Å². The lowest BCUT2D eigenvalue weighted by molar-refractivity contribution is 0.410. The van der Waals surface area contributed by atoms with Crippen molar-refractivity contribution in [1.82, 2.24) is 0 Å². The highest BCUT2D eigenvalue weighted by Crippen LogP contribution is 2.40. The third-order valence-electron chi connectivity index (χ3n) is 3.01. The molecule has 0 aliphatic carbocycles. The molecule has 0 unspecified atom stereocenters. The van der Waals surface area contributed by atoms with E-state index in [0.717, 1.165) is 0 Å². The number of ether oxygens (including phenoxy) is 2. The Bertz CT molecular complexity index is 599. The number of phenols is 2. The van der Waals surface area contributed by atoms with Crippen LogP contribution in [0.25, 0.3) is 11.1 Å². The minimum atomic E-state index is -0.102. The average molecular weight is 276 g/mol. The van der Waals surface area contributed by atoms with E-state index >= 15 is 0 Å². The van der Waals surface area contributed by atoms with Crippen LogP contribution in [0.1, 0.15) is 0 Å². The number of nitrogens with two attached hydrogens (primary N) is 2. The van der Waals surface area contributed by atoms with E-state index in [1.165, 1.54) is 26.4 Å². The van der Waals surface area contributed by atoms with Gasteiger partial charge in [0.1, 0.15) is 34.4 Å². The molecule has 0 saturated heterocycles. The number of rotatable bonds is 3. The first kappa shape index (κ1) is 13.7. The Morgan fingerprint density at radius 3 is 1.40 bits per heavy atom. The lowest BCUT2D eigenvalue weighted by Gasteiger charge is -2.12. The molecule has 0 heterocycles. The first-order valence-electron chi connectivity index (χ1n) is 5.81. The van der Waals surface area contributed by atoms with Gasteiger partial charge in [0.15, 0.2) is 0 Å². The Hall–Kier alpha value is -2.76. The number of nitrogen functional groups attached to an aromatic ring is 2. The smallest absolute Gasteiger partial charge is 0.146 e. The van der Waals surface area contributed by atoms with Gasteiger partial charge in [-0.05, 0) is 35.4 Å². The molecule has 0 aliphatic heterocycles. The Balaban J connectivity index is 2.62. The van der Waals surface area contributed by atoms with Crippen LogP contribution < -0.4 is 20.9 Å². The number of benzene rings is 2. The number of hydrogen-bond donors (Lipinski definition) is 4. The van der Waals surface area contributed by atoms with Crippen molar-refractivity contribution < 1.29 is 19.7 Å². The average Bonchev–Trinajstić information content (AvgIpc) is 2.44. The van der Waals surface area contributed by atoms with E-state index in [9.17, 15) is 10.2 Å². The van der Waals surface area contributed by atoms with Crippen LogP contribution >= 0.6 is 0 Å². The lowest BCUT2D eigenvalue weighted by Crippen LogP contribution is -1.95. The van der Waals surface area contributed by atoms with Crippen molar-refractivity contribution in [2.24, 2.45) is 0 Å². The fraction of sp³-hybridized carbons (Fsp3) is 0.143. The largest absolute Gasteiger partial charge is 0.506 e. The van der Waals surface area contributed by atoms with Gasteiger partial charge in [-0.2, -0.15) is 0 Å². The summed E-state index contributed by atoms with van der Waals surface area (Å²) in [4.78, 5) is 0. The van der Waals surface area contributed by atoms with Crippen molar-refractivity contribution >= 4 is 11.4 Å². The third kappa shape index (κ3) is 2.23. The maximum absolute atomic E-state index is 9.80. The summed E-state index contributed by atoms with van der Waals surface area (Å²) in [5.74, 6) is 0.481. The molecular weight excluding hydrogens is 260 g/mol. The van der Waals surface area contributed by atoms with Gasteiger partial charge in [-0.3, -0.25) is 0 Å². The molecule has 2 aromatic carbocycles. The van der Waals surface area contributed by atoms with Gasteiger partial charge in [-0.1, -0.05) is 0 Å². The number of methoxy groups -OCH3 is 2. The van der Waals surface area contributed by atoms with E-state index in [1.54, 1.807) is 12.1 Å². The molecule has 0 radical (unpaired) electrons. The molecule has 0 aromatic heterocycles. The molecular formula is C14H16N2O4. The fourth-order valence-electron chi connectivity index (χ4n) is 1.89. The normalized spacial score (nSPS) is 10.3. The van der Waals surface area contributed by atoms with Crippen LogP contribution in [0.2, 0.25) is 0 Å². The summed E-state index contributed by atoms with van der Waals surface area (Å²) in [6, 6.07) is 6.25. The van der Waals surface area contributed by atoms with Crippen LogP contribution in [-0.2, 0) is 0 Å². The van der Waals surface area contributed by atoms with Crippen LogP contribution in [0.5, 0.6) is 23.0 Å². The van der Waals surface area contributed by atoms with Gasteiger partial charge in [-0.25, -0.2) is 0 Å². The summed E-state index contributed by atoms with van der Waals surface area (Å²) >= 11 is 0. The van der Waals surface area contributed by atoms with Crippen molar-refractivity contribution in [1.29, 1.82) is 0 Å². The van der Waals surface area contributed by atoms with E-state index < -0.39 is 0 Å². The maximum Gasteiger partial charge on any atom is 0.146 e. The highest BCUT2D eigenvalue weighted by atomic mass is 16.5. The number of anilines is 2. The van der Waals surface area contributed by atoms with Crippen LogP contribution in [0.4, 0.5) is 11.4 Å². The van der Waals surface area contributed by atoms with Gasteiger partial charge in [0, 0.05) is 0 Å². The quantitative estimate of drug-likeness (QED) is 0.503. The van der Waals surface area contributed by atoms with Crippen molar-refractivity contribution in [3.8, 4) is 34.1 Å². The summed E-state index contributed by atoms with van der Waals surface area (Å²) in [5, 5.41) is 19.6. The molecule has 6 heteroatoms. The van der Waals surface area contributed by atoms with E-state index in [1.807, 2.05) is 0 Å². The topological polar surface area (TPSA) is 111 Å². The highest BCUT2D eigenvalue weighted by molar-refractivity contribution is 5.79. The summed E-state index contributed by atoms with van der Waals surface area (Å²) < 4.78 is 10.2. The molecule has 20 heavy (non-hydrogen) atoms. The lowest BCUT2D eigenvalue weighted by atomic mass is 10.0. The Kier molecular flexibility index (Phi) is 3.47. The fourth-order valence-corrected chi connectivity index (χ4v) is 1.89. The summed E-state index contributed by atoms with van der Waals surface area (Å²) in [6.45, 7) is 0. The standard InChI is InChI=1S/C14H16N2O4/c1-19-11-5-7(3-9(17)13(11)15)8-4-10(18)14(16)12(6-8)20-2/h3-6,17-18H,15-16H2,1-2H3. The van der Waals surface area contributed by atoms with Crippen molar-refractivity contribution in [2.75, 3.05) is 25.7 Å². The zero-order chi connectivity index (χ0) is 14.9. The monoisotopic (exact) mass is 276 g/mol. The van der Waals surface area contributed by atoms with Gasteiger partial charge in [0.05, 0.1) is 14.2 Å². The summed E-state index contributed by atoms with van der Waals surface area (Å²) in [7, 11) is 2.91. The SMILES string of the molecule is COc1cc(-c2cc(O)c(N)c(OC)c2)cc(O)c1N. The minimum Gasteiger partial charge on any atom is -0.506 e. The predicted molar refractivity (Wildman–Crippen MR) is 77.1 cm³/mol. The maximum atomic E-state index is 9.80. The predicted octanol–water partition coefficient (Wildman–Crippen LogP) is 1.95. The second kappa shape index (κ2) is 5.08. The number of aromatic hydroxyl groups is 2.